The molecule has 2 aliphatic heterocycles. The summed E-state index contributed by atoms with van der Waals surface area (Å²) in [5.41, 5.74) is 2.94. The number of benzene rings is 1. The molecule has 8 nitrogen and oxygen atoms in total. The molecule has 0 bridgehead atoms. The highest BCUT2D eigenvalue weighted by atomic mass is 16.5. The van der Waals surface area contributed by atoms with Crippen LogP contribution >= 0.6 is 0 Å². The van der Waals surface area contributed by atoms with E-state index in [1.54, 1.807) is 6.33 Å². The zero-order valence-electron chi connectivity index (χ0n) is 18.0. The largest absolute Gasteiger partial charge is 0.378 e. The van der Waals surface area contributed by atoms with Crippen LogP contribution in [0.1, 0.15) is 25.5 Å². The predicted molar refractivity (Wildman–Crippen MR) is 123 cm³/mol. The molecule has 162 valence electrons. The van der Waals surface area contributed by atoms with Crippen molar-refractivity contribution in [3.8, 4) is 0 Å². The number of ether oxygens (including phenoxy) is 1. The van der Waals surface area contributed by atoms with Crippen LogP contribution < -0.4 is 15.1 Å². The van der Waals surface area contributed by atoms with Gasteiger partial charge in [-0.05, 0) is 31.4 Å². The molecule has 2 fully saturated rings. The molecule has 5 rings (SSSR count). The summed E-state index contributed by atoms with van der Waals surface area (Å²) in [6, 6.07) is 10.6. The van der Waals surface area contributed by atoms with E-state index in [0.29, 0.717) is 6.04 Å². The first-order valence-electron chi connectivity index (χ1n) is 11.2. The Labute approximate surface area is 182 Å². The highest BCUT2D eigenvalue weighted by Gasteiger charge is 2.24. The summed E-state index contributed by atoms with van der Waals surface area (Å²) >= 11 is 0. The minimum atomic E-state index is 0.360. The van der Waals surface area contributed by atoms with Gasteiger partial charge in [0, 0.05) is 44.0 Å². The third kappa shape index (κ3) is 4.39. The minimum absolute atomic E-state index is 0.360. The Bertz CT molecular complexity index is 1030. The van der Waals surface area contributed by atoms with E-state index < -0.39 is 0 Å². The zero-order valence-corrected chi connectivity index (χ0v) is 18.0. The van der Waals surface area contributed by atoms with Crippen LogP contribution in [-0.4, -0.2) is 65.4 Å². The number of para-hydroxylation sites is 2. The number of hydrogen-bond donors (Lipinski definition) is 1. The maximum absolute atomic E-state index is 5.54. The fourth-order valence-corrected chi connectivity index (χ4v) is 4.28. The maximum Gasteiger partial charge on any atom is 0.172 e. The molecule has 1 N–H and O–H groups in total. The second-order valence-corrected chi connectivity index (χ2v) is 8.11. The highest BCUT2D eigenvalue weighted by molar-refractivity contribution is 5.80. The molecule has 31 heavy (non-hydrogen) atoms. The Morgan fingerprint density at radius 3 is 2.45 bits per heavy atom. The number of rotatable bonds is 5. The van der Waals surface area contributed by atoms with Crippen LogP contribution in [0.5, 0.6) is 0 Å². The van der Waals surface area contributed by atoms with E-state index in [2.05, 4.69) is 38.1 Å². The van der Waals surface area contributed by atoms with Crippen LogP contribution in [0.2, 0.25) is 0 Å². The molecule has 2 aromatic heterocycles. The van der Waals surface area contributed by atoms with Gasteiger partial charge in [0.15, 0.2) is 11.6 Å². The van der Waals surface area contributed by atoms with Gasteiger partial charge in [-0.1, -0.05) is 19.1 Å². The van der Waals surface area contributed by atoms with E-state index in [9.17, 15) is 0 Å². The van der Waals surface area contributed by atoms with Crippen molar-refractivity contribution in [2.24, 2.45) is 0 Å². The number of hydrogen-bond acceptors (Lipinski definition) is 8. The van der Waals surface area contributed by atoms with Crippen LogP contribution in [0, 0.1) is 0 Å². The van der Waals surface area contributed by atoms with Gasteiger partial charge < -0.3 is 19.9 Å². The molecule has 1 aromatic carbocycles. The summed E-state index contributed by atoms with van der Waals surface area (Å²) < 4.78 is 5.54. The van der Waals surface area contributed by atoms with Crippen LogP contribution in [0.4, 0.5) is 17.5 Å². The third-order valence-electron chi connectivity index (χ3n) is 6.09. The monoisotopic (exact) mass is 419 g/mol. The lowest BCUT2D eigenvalue weighted by Gasteiger charge is -2.35. The van der Waals surface area contributed by atoms with Crippen molar-refractivity contribution in [1.29, 1.82) is 0 Å². The van der Waals surface area contributed by atoms with Gasteiger partial charge in [-0.15, -0.1) is 0 Å². The third-order valence-corrected chi connectivity index (χ3v) is 6.09. The SMILES string of the molecule is CCc1cc(N2CCC(Nc3nc4ccccc4nc3N3CCOCC3)CC2)ncn1. The topological polar surface area (TPSA) is 79.3 Å². The second-order valence-electron chi connectivity index (χ2n) is 8.11. The molecular weight excluding hydrogens is 390 g/mol. The lowest BCUT2D eigenvalue weighted by molar-refractivity contribution is 0.122. The first-order valence-corrected chi connectivity index (χ1v) is 11.2. The number of nitrogens with one attached hydrogen (secondary N) is 1. The first kappa shape index (κ1) is 19.9. The molecule has 2 aliphatic rings. The maximum atomic E-state index is 5.54. The minimum Gasteiger partial charge on any atom is -0.378 e. The first-order chi connectivity index (χ1) is 15.3. The summed E-state index contributed by atoms with van der Waals surface area (Å²) in [6.07, 6.45) is 4.67. The second kappa shape index (κ2) is 9.01. The normalized spacial score (nSPS) is 17.8. The van der Waals surface area contributed by atoms with Gasteiger partial charge in [-0.2, -0.15) is 0 Å². The van der Waals surface area contributed by atoms with Crippen molar-refractivity contribution in [2.45, 2.75) is 32.2 Å². The number of morpholine rings is 1. The van der Waals surface area contributed by atoms with E-state index in [0.717, 1.165) is 92.8 Å². The van der Waals surface area contributed by atoms with Gasteiger partial charge in [0.25, 0.3) is 0 Å². The van der Waals surface area contributed by atoms with Crippen molar-refractivity contribution >= 4 is 28.5 Å². The van der Waals surface area contributed by atoms with Crippen molar-refractivity contribution in [3.05, 3.63) is 42.4 Å². The van der Waals surface area contributed by atoms with Gasteiger partial charge >= 0.3 is 0 Å². The average Bonchev–Trinajstić information content (AvgIpc) is 2.84. The molecule has 0 amide bonds. The van der Waals surface area contributed by atoms with Crippen LogP contribution in [0.3, 0.4) is 0 Å². The van der Waals surface area contributed by atoms with E-state index in [4.69, 9.17) is 14.7 Å². The van der Waals surface area contributed by atoms with E-state index >= 15 is 0 Å². The van der Waals surface area contributed by atoms with Crippen molar-refractivity contribution < 1.29 is 4.74 Å². The summed E-state index contributed by atoms with van der Waals surface area (Å²) in [5.74, 6) is 2.85. The number of aromatic nitrogens is 4. The van der Waals surface area contributed by atoms with E-state index in [-0.39, 0.29) is 0 Å². The van der Waals surface area contributed by atoms with Crippen LogP contribution in [0.15, 0.2) is 36.7 Å². The summed E-state index contributed by atoms with van der Waals surface area (Å²) in [6.45, 7) is 7.19. The molecule has 0 saturated carbocycles. The van der Waals surface area contributed by atoms with Gasteiger partial charge in [-0.25, -0.2) is 19.9 Å². The predicted octanol–water partition coefficient (Wildman–Crippen LogP) is 2.90. The number of nitrogens with zero attached hydrogens (tertiary/aromatic N) is 6. The van der Waals surface area contributed by atoms with Crippen molar-refractivity contribution in [2.75, 3.05) is 54.5 Å². The number of aryl methyl sites for hydroxylation is 1. The Kier molecular flexibility index (Phi) is 5.80. The number of piperidine rings is 1. The Morgan fingerprint density at radius 1 is 0.968 bits per heavy atom. The standard InChI is InChI=1S/C23H29N7O/c1-2-17-15-21(25-16-24-17)29-9-7-18(8-10-29)26-22-23(30-11-13-31-14-12-30)28-20-6-4-3-5-19(20)27-22/h3-6,15-16,18H,2,7-14H2,1H3,(H,26,27). The van der Waals surface area contributed by atoms with Crippen LogP contribution in [0.25, 0.3) is 11.0 Å². The van der Waals surface area contributed by atoms with Gasteiger partial charge in [0.2, 0.25) is 0 Å². The Hall–Kier alpha value is -3.00. The van der Waals surface area contributed by atoms with Gasteiger partial charge in [0.05, 0.1) is 24.2 Å². The van der Waals surface area contributed by atoms with Gasteiger partial charge in [0.1, 0.15) is 12.1 Å². The number of anilines is 3. The quantitative estimate of drug-likeness (QED) is 0.676. The molecule has 8 heteroatoms. The van der Waals surface area contributed by atoms with Gasteiger partial charge in [-0.3, -0.25) is 0 Å². The Balaban J connectivity index is 1.33. The molecular formula is C23H29N7O. The molecule has 0 unspecified atom stereocenters. The zero-order chi connectivity index (χ0) is 21.0. The van der Waals surface area contributed by atoms with E-state index in [1.807, 2.05) is 24.3 Å². The van der Waals surface area contributed by atoms with Crippen LogP contribution in [-0.2, 0) is 11.2 Å². The van der Waals surface area contributed by atoms with Crippen molar-refractivity contribution in [1.82, 2.24) is 19.9 Å². The molecule has 0 atom stereocenters. The number of fused-ring (bicyclic) bond motifs is 1. The van der Waals surface area contributed by atoms with E-state index in [1.165, 1.54) is 0 Å². The molecule has 2 saturated heterocycles. The summed E-state index contributed by atoms with van der Waals surface area (Å²) in [4.78, 5) is 23.4. The average molecular weight is 420 g/mol. The molecule has 0 spiro atoms. The molecule has 0 aliphatic carbocycles. The smallest absolute Gasteiger partial charge is 0.172 e. The fourth-order valence-electron chi connectivity index (χ4n) is 4.28. The molecule has 4 heterocycles. The lowest BCUT2D eigenvalue weighted by Crippen LogP contribution is -2.41. The fraction of sp³-hybridized carbons (Fsp3) is 0.478. The summed E-state index contributed by atoms with van der Waals surface area (Å²) in [7, 11) is 0. The highest BCUT2D eigenvalue weighted by Crippen LogP contribution is 2.28. The Morgan fingerprint density at radius 2 is 1.71 bits per heavy atom. The summed E-state index contributed by atoms with van der Waals surface area (Å²) in [5, 5.41) is 3.72. The molecule has 0 radical (unpaired) electrons. The van der Waals surface area contributed by atoms with Crippen molar-refractivity contribution in [3.63, 3.8) is 0 Å². The lowest BCUT2D eigenvalue weighted by atomic mass is 10.0. The molecule has 3 aromatic rings.